The van der Waals surface area contributed by atoms with Crippen molar-refractivity contribution in [2.24, 2.45) is 7.05 Å². The zero-order chi connectivity index (χ0) is 9.72. The predicted octanol–water partition coefficient (Wildman–Crippen LogP) is 0.576. The molecule has 0 aliphatic heterocycles. The maximum atomic E-state index is 10.9. The Balaban J connectivity index is 0.000000561. The maximum Gasteiger partial charge on any atom is 0.275 e. The quantitative estimate of drug-likeness (QED) is 0.596. The summed E-state index contributed by atoms with van der Waals surface area (Å²) < 4.78 is 1.38. The molecule has 4 N–H and O–H groups in total. The number of hydrogen-bond acceptors (Lipinski definition) is 3. The number of rotatable bonds is 0. The van der Waals surface area contributed by atoms with Crippen LogP contribution in [0.3, 0.4) is 0 Å². The zero-order valence-electron chi connectivity index (χ0n) is 7.66. The molecule has 4 heteroatoms. The minimum atomic E-state index is -0.250. The summed E-state index contributed by atoms with van der Waals surface area (Å²) in [6.07, 6.45) is 1.58. The van der Waals surface area contributed by atoms with Crippen molar-refractivity contribution >= 4 is 11.4 Å². The number of nitrogens with zero attached hydrogens (tertiary/aromatic N) is 1. The van der Waals surface area contributed by atoms with Crippen LogP contribution < -0.4 is 17.0 Å². The van der Waals surface area contributed by atoms with E-state index in [4.69, 9.17) is 11.5 Å². The molecule has 1 rings (SSSR count). The molecule has 4 nitrogen and oxygen atoms in total. The zero-order valence-corrected chi connectivity index (χ0v) is 7.66. The van der Waals surface area contributed by atoms with E-state index >= 15 is 0 Å². The fraction of sp³-hybridized carbons (Fsp3) is 0.375. The average molecular weight is 169 g/mol. The molecule has 0 fully saturated rings. The lowest BCUT2D eigenvalue weighted by Gasteiger charge is -2.00. The second-order valence-electron chi connectivity index (χ2n) is 2.10. The Kier molecular flexibility index (Phi) is 3.90. The van der Waals surface area contributed by atoms with E-state index in [1.165, 1.54) is 4.57 Å². The first kappa shape index (κ1) is 10.6. The second-order valence-corrected chi connectivity index (χ2v) is 2.10. The van der Waals surface area contributed by atoms with Crippen LogP contribution in [0.2, 0.25) is 0 Å². The molecule has 0 atom stereocenters. The number of aryl methyl sites for hydroxylation is 1. The third-order valence-corrected chi connectivity index (χ3v) is 1.34. The first-order chi connectivity index (χ1) is 5.63. The molecular weight excluding hydrogens is 154 g/mol. The molecule has 0 saturated heterocycles. The van der Waals surface area contributed by atoms with Crippen LogP contribution in [0.25, 0.3) is 0 Å². The molecule has 0 unspecified atom stereocenters. The van der Waals surface area contributed by atoms with Gasteiger partial charge in [-0.1, -0.05) is 13.8 Å². The average Bonchev–Trinajstić information content (AvgIpc) is 2.12. The van der Waals surface area contributed by atoms with Gasteiger partial charge in [-0.05, 0) is 6.07 Å². The molecule has 0 amide bonds. The lowest BCUT2D eigenvalue weighted by molar-refractivity contribution is 0.865. The van der Waals surface area contributed by atoms with Crippen molar-refractivity contribution in [3.8, 4) is 0 Å². The minimum Gasteiger partial charge on any atom is -0.397 e. The topological polar surface area (TPSA) is 74.0 Å². The van der Waals surface area contributed by atoms with Gasteiger partial charge in [-0.25, -0.2) is 0 Å². The Morgan fingerprint density at radius 1 is 1.33 bits per heavy atom. The highest BCUT2D eigenvalue weighted by atomic mass is 16.1. The normalized spacial score (nSPS) is 8.58. The van der Waals surface area contributed by atoms with Gasteiger partial charge < -0.3 is 16.0 Å². The third-order valence-electron chi connectivity index (χ3n) is 1.34. The van der Waals surface area contributed by atoms with E-state index in [9.17, 15) is 4.79 Å². The number of pyridine rings is 1. The van der Waals surface area contributed by atoms with Crippen molar-refractivity contribution in [2.75, 3.05) is 11.5 Å². The molecule has 0 aliphatic rings. The Hall–Kier alpha value is -1.45. The fourth-order valence-corrected chi connectivity index (χ4v) is 0.663. The first-order valence-corrected chi connectivity index (χ1v) is 3.83. The summed E-state index contributed by atoms with van der Waals surface area (Å²) in [5.41, 5.74) is 10.9. The van der Waals surface area contributed by atoms with Gasteiger partial charge >= 0.3 is 0 Å². The first-order valence-electron chi connectivity index (χ1n) is 3.83. The van der Waals surface area contributed by atoms with Crippen molar-refractivity contribution in [3.63, 3.8) is 0 Å². The van der Waals surface area contributed by atoms with Gasteiger partial charge in [0.25, 0.3) is 5.56 Å². The monoisotopic (exact) mass is 169 g/mol. The summed E-state index contributed by atoms with van der Waals surface area (Å²) in [7, 11) is 1.62. The van der Waals surface area contributed by atoms with Gasteiger partial charge in [0.2, 0.25) is 0 Å². The summed E-state index contributed by atoms with van der Waals surface area (Å²) in [5, 5.41) is 0. The number of hydrogen-bond donors (Lipinski definition) is 2. The molecule has 0 aliphatic carbocycles. The molecular formula is C8H15N3O. The van der Waals surface area contributed by atoms with Crippen LogP contribution in [0.5, 0.6) is 0 Å². The van der Waals surface area contributed by atoms with Gasteiger partial charge in [0.05, 0.1) is 5.69 Å². The van der Waals surface area contributed by atoms with Crippen molar-refractivity contribution < 1.29 is 0 Å². The van der Waals surface area contributed by atoms with Crippen LogP contribution in [0, 0.1) is 0 Å². The molecule has 1 aromatic rings. The van der Waals surface area contributed by atoms with E-state index < -0.39 is 0 Å². The highest BCUT2D eigenvalue weighted by molar-refractivity contribution is 5.60. The maximum absolute atomic E-state index is 10.9. The van der Waals surface area contributed by atoms with Crippen LogP contribution in [0.4, 0.5) is 11.4 Å². The van der Waals surface area contributed by atoms with Gasteiger partial charge in [0.15, 0.2) is 0 Å². The lowest BCUT2D eigenvalue weighted by atomic mass is 10.3. The Bertz CT molecular complexity index is 304. The molecule has 0 bridgehead atoms. The summed E-state index contributed by atoms with van der Waals surface area (Å²) in [6.45, 7) is 4.00. The number of anilines is 2. The summed E-state index contributed by atoms with van der Waals surface area (Å²) in [4.78, 5) is 10.9. The van der Waals surface area contributed by atoms with E-state index in [2.05, 4.69) is 0 Å². The van der Waals surface area contributed by atoms with E-state index in [0.717, 1.165) is 0 Å². The van der Waals surface area contributed by atoms with Gasteiger partial charge in [-0.15, -0.1) is 0 Å². The number of nitrogen functional groups attached to an aromatic ring is 2. The van der Waals surface area contributed by atoms with Gasteiger partial charge in [0.1, 0.15) is 5.69 Å². The SMILES string of the molecule is CC.Cn1ccc(N)c(N)c1=O. The highest BCUT2D eigenvalue weighted by Gasteiger charge is 1.98. The molecule has 1 heterocycles. The summed E-state index contributed by atoms with van der Waals surface area (Å²) >= 11 is 0. The third kappa shape index (κ3) is 2.02. The lowest BCUT2D eigenvalue weighted by Crippen LogP contribution is -2.20. The number of aromatic nitrogens is 1. The Morgan fingerprint density at radius 2 is 1.83 bits per heavy atom. The van der Waals surface area contributed by atoms with E-state index in [1.54, 1.807) is 19.3 Å². The van der Waals surface area contributed by atoms with Gasteiger partial charge in [-0.3, -0.25) is 4.79 Å². The second kappa shape index (κ2) is 4.43. The Morgan fingerprint density at radius 3 is 2.25 bits per heavy atom. The van der Waals surface area contributed by atoms with E-state index in [0.29, 0.717) is 5.69 Å². The molecule has 68 valence electrons. The number of nitrogens with two attached hydrogens (primary N) is 2. The molecule has 0 radical (unpaired) electrons. The largest absolute Gasteiger partial charge is 0.397 e. The van der Waals surface area contributed by atoms with Crippen LogP contribution in [0.1, 0.15) is 13.8 Å². The molecule has 12 heavy (non-hydrogen) atoms. The van der Waals surface area contributed by atoms with Crippen LogP contribution in [-0.2, 0) is 7.05 Å². The standard InChI is InChI=1S/C6H9N3O.C2H6/c1-9-3-2-4(7)5(8)6(9)10;1-2/h2-3H,7-8H2,1H3;1-2H3. The van der Waals surface area contributed by atoms with Crippen LogP contribution in [0.15, 0.2) is 17.1 Å². The smallest absolute Gasteiger partial charge is 0.275 e. The summed E-state index contributed by atoms with van der Waals surface area (Å²) in [5.74, 6) is 0. The predicted molar refractivity (Wildman–Crippen MR) is 51.9 cm³/mol. The van der Waals surface area contributed by atoms with Gasteiger partial charge in [0, 0.05) is 13.2 Å². The Labute approximate surface area is 71.8 Å². The van der Waals surface area contributed by atoms with Crippen molar-refractivity contribution in [1.82, 2.24) is 4.57 Å². The van der Waals surface area contributed by atoms with Crippen LogP contribution >= 0.6 is 0 Å². The van der Waals surface area contributed by atoms with Crippen molar-refractivity contribution in [1.29, 1.82) is 0 Å². The fourth-order valence-electron chi connectivity index (χ4n) is 0.663. The van der Waals surface area contributed by atoms with Crippen molar-refractivity contribution in [3.05, 3.63) is 22.6 Å². The molecule has 0 aromatic carbocycles. The molecule has 1 aromatic heterocycles. The van der Waals surface area contributed by atoms with Crippen molar-refractivity contribution in [2.45, 2.75) is 13.8 Å². The van der Waals surface area contributed by atoms with Gasteiger partial charge in [-0.2, -0.15) is 0 Å². The summed E-state index contributed by atoms with van der Waals surface area (Å²) in [6, 6.07) is 1.59. The minimum absolute atomic E-state index is 0.116. The van der Waals surface area contributed by atoms with Crippen LogP contribution in [-0.4, -0.2) is 4.57 Å². The van der Waals surface area contributed by atoms with E-state index in [1.807, 2.05) is 13.8 Å². The van der Waals surface area contributed by atoms with E-state index in [-0.39, 0.29) is 11.2 Å². The molecule has 0 saturated carbocycles. The molecule has 0 spiro atoms. The highest BCUT2D eigenvalue weighted by Crippen LogP contribution is 2.04.